The van der Waals surface area contributed by atoms with Gasteiger partial charge in [0.1, 0.15) is 18.0 Å². The van der Waals surface area contributed by atoms with E-state index in [-0.39, 0.29) is 17.9 Å². The third-order valence-corrected chi connectivity index (χ3v) is 4.42. The van der Waals surface area contributed by atoms with Crippen LogP contribution in [0.4, 0.5) is 24.5 Å². The zero-order valence-electron chi connectivity index (χ0n) is 16.7. The molecule has 0 saturated heterocycles. The zero-order chi connectivity index (χ0) is 24.0. The van der Waals surface area contributed by atoms with Crippen LogP contribution in [0, 0.1) is 10.1 Å². The van der Waals surface area contributed by atoms with Gasteiger partial charge in [-0.1, -0.05) is 24.3 Å². The number of nitro groups is 1. The standard InChI is InChI=1S/C22H16F3N3O5/c23-22(24,25)17-9-10-18(19(11-17)28(31)32)27-26-12-16-3-1-2-4-20(16)33-13-14-5-7-15(8-6-14)21(29)30/h1-12,27H,13H2,(H,29,30)/b26-12-. The second-order valence-electron chi connectivity index (χ2n) is 6.69. The summed E-state index contributed by atoms with van der Waals surface area (Å²) in [6.07, 6.45) is -3.40. The summed E-state index contributed by atoms with van der Waals surface area (Å²) in [5.41, 5.74) is 1.65. The average molecular weight is 459 g/mol. The van der Waals surface area contributed by atoms with Crippen LogP contribution < -0.4 is 10.2 Å². The Hall–Kier alpha value is -4.41. The third-order valence-electron chi connectivity index (χ3n) is 4.42. The lowest BCUT2D eigenvalue weighted by molar-refractivity contribution is -0.384. The van der Waals surface area contributed by atoms with Crippen LogP contribution in [-0.4, -0.2) is 22.2 Å². The predicted octanol–water partition coefficient (Wildman–Crippen LogP) is 5.34. The molecule has 0 atom stereocenters. The molecule has 0 aromatic heterocycles. The summed E-state index contributed by atoms with van der Waals surface area (Å²) in [7, 11) is 0. The second-order valence-corrected chi connectivity index (χ2v) is 6.69. The summed E-state index contributed by atoms with van der Waals surface area (Å²) >= 11 is 0. The summed E-state index contributed by atoms with van der Waals surface area (Å²) in [6.45, 7) is 0.141. The van der Waals surface area contributed by atoms with E-state index in [0.29, 0.717) is 17.4 Å². The maximum Gasteiger partial charge on any atom is 0.416 e. The molecule has 0 radical (unpaired) electrons. The number of benzene rings is 3. The highest BCUT2D eigenvalue weighted by Crippen LogP contribution is 2.35. The highest BCUT2D eigenvalue weighted by atomic mass is 19.4. The van der Waals surface area contributed by atoms with E-state index in [4.69, 9.17) is 9.84 Å². The van der Waals surface area contributed by atoms with Gasteiger partial charge in [0.2, 0.25) is 0 Å². The van der Waals surface area contributed by atoms with Crippen LogP contribution in [0.5, 0.6) is 5.75 Å². The van der Waals surface area contributed by atoms with Crippen LogP contribution in [0.25, 0.3) is 0 Å². The van der Waals surface area contributed by atoms with Gasteiger partial charge in [-0.3, -0.25) is 15.5 Å². The lowest BCUT2D eigenvalue weighted by Gasteiger charge is -2.10. The molecular weight excluding hydrogens is 443 g/mol. The first kappa shape index (κ1) is 23.3. The number of para-hydroxylation sites is 1. The highest BCUT2D eigenvalue weighted by Gasteiger charge is 2.33. The van der Waals surface area contributed by atoms with Crippen molar-refractivity contribution in [3.63, 3.8) is 0 Å². The summed E-state index contributed by atoms with van der Waals surface area (Å²) in [6, 6.07) is 15.0. The molecule has 0 heterocycles. The summed E-state index contributed by atoms with van der Waals surface area (Å²) in [5.74, 6) is -0.614. The van der Waals surface area contributed by atoms with Crippen molar-refractivity contribution in [3.05, 3.63) is 99.1 Å². The molecule has 0 aliphatic rings. The van der Waals surface area contributed by atoms with Gasteiger partial charge in [-0.05, 0) is 42.0 Å². The number of aromatic carboxylic acids is 1. The Morgan fingerprint density at radius 2 is 1.82 bits per heavy atom. The van der Waals surface area contributed by atoms with Crippen LogP contribution in [0.2, 0.25) is 0 Å². The predicted molar refractivity (Wildman–Crippen MR) is 113 cm³/mol. The van der Waals surface area contributed by atoms with E-state index in [1.165, 1.54) is 18.3 Å². The minimum absolute atomic E-state index is 0.141. The summed E-state index contributed by atoms with van der Waals surface area (Å²) < 4.78 is 44.2. The van der Waals surface area contributed by atoms with Crippen LogP contribution in [0.1, 0.15) is 27.0 Å². The van der Waals surface area contributed by atoms with Crippen LogP contribution in [0.3, 0.4) is 0 Å². The Morgan fingerprint density at radius 1 is 1.12 bits per heavy atom. The summed E-state index contributed by atoms with van der Waals surface area (Å²) in [5, 5.41) is 24.0. The van der Waals surface area contributed by atoms with Gasteiger partial charge in [-0.2, -0.15) is 18.3 Å². The number of anilines is 1. The van der Waals surface area contributed by atoms with E-state index in [1.54, 1.807) is 36.4 Å². The smallest absolute Gasteiger partial charge is 0.416 e. The monoisotopic (exact) mass is 459 g/mol. The first-order valence-electron chi connectivity index (χ1n) is 9.34. The molecule has 3 aromatic rings. The number of nitro benzene ring substituents is 1. The number of carboxylic acid groups (broad SMARTS) is 1. The van der Waals surface area contributed by atoms with E-state index < -0.39 is 28.3 Å². The van der Waals surface area contributed by atoms with Gasteiger partial charge < -0.3 is 9.84 Å². The van der Waals surface area contributed by atoms with Gasteiger partial charge >= 0.3 is 12.1 Å². The van der Waals surface area contributed by atoms with Crippen molar-refractivity contribution in [1.29, 1.82) is 0 Å². The van der Waals surface area contributed by atoms with Crippen molar-refractivity contribution in [2.24, 2.45) is 5.10 Å². The van der Waals surface area contributed by atoms with E-state index in [2.05, 4.69) is 10.5 Å². The van der Waals surface area contributed by atoms with Gasteiger partial charge in [0, 0.05) is 11.6 Å². The number of hydrogen-bond acceptors (Lipinski definition) is 6. The third kappa shape index (κ3) is 6.06. The number of carboxylic acids is 1. The number of ether oxygens (including phenoxy) is 1. The van der Waals surface area contributed by atoms with Gasteiger partial charge in [-0.15, -0.1) is 0 Å². The minimum Gasteiger partial charge on any atom is -0.488 e. The Balaban J connectivity index is 1.72. The van der Waals surface area contributed by atoms with Crippen LogP contribution in [0.15, 0.2) is 71.8 Å². The van der Waals surface area contributed by atoms with Gasteiger partial charge in [0.15, 0.2) is 0 Å². The van der Waals surface area contributed by atoms with Crippen LogP contribution in [-0.2, 0) is 12.8 Å². The molecule has 0 aliphatic carbocycles. The molecule has 33 heavy (non-hydrogen) atoms. The fourth-order valence-corrected chi connectivity index (χ4v) is 2.75. The summed E-state index contributed by atoms with van der Waals surface area (Å²) in [4.78, 5) is 21.1. The lowest BCUT2D eigenvalue weighted by Crippen LogP contribution is -2.06. The van der Waals surface area contributed by atoms with E-state index in [1.807, 2.05) is 0 Å². The van der Waals surface area contributed by atoms with Crippen molar-refractivity contribution >= 4 is 23.6 Å². The van der Waals surface area contributed by atoms with Crippen molar-refractivity contribution < 1.29 is 32.7 Å². The van der Waals surface area contributed by atoms with Crippen molar-refractivity contribution in [2.75, 3.05) is 5.43 Å². The highest BCUT2D eigenvalue weighted by molar-refractivity contribution is 5.87. The second kappa shape index (κ2) is 9.81. The Kier molecular flexibility index (Phi) is 6.91. The van der Waals surface area contributed by atoms with Crippen LogP contribution >= 0.6 is 0 Å². The molecule has 2 N–H and O–H groups in total. The number of alkyl halides is 3. The average Bonchev–Trinajstić information content (AvgIpc) is 2.78. The first-order chi connectivity index (χ1) is 15.6. The first-order valence-corrected chi connectivity index (χ1v) is 9.34. The topological polar surface area (TPSA) is 114 Å². The van der Waals surface area contributed by atoms with Crippen molar-refractivity contribution in [2.45, 2.75) is 12.8 Å². The van der Waals surface area contributed by atoms with E-state index in [9.17, 15) is 28.1 Å². The van der Waals surface area contributed by atoms with Crippen molar-refractivity contribution in [3.8, 4) is 5.75 Å². The Morgan fingerprint density at radius 3 is 2.45 bits per heavy atom. The molecule has 0 fully saturated rings. The van der Waals surface area contributed by atoms with Gasteiger partial charge in [-0.25, -0.2) is 4.79 Å². The molecule has 0 bridgehead atoms. The number of hydrazone groups is 1. The van der Waals surface area contributed by atoms with E-state index in [0.717, 1.165) is 17.7 Å². The largest absolute Gasteiger partial charge is 0.488 e. The maximum atomic E-state index is 12.8. The Bertz CT molecular complexity index is 1190. The van der Waals surface area contributed by atoms with Gasteiger partial charge in [0.25, 0.3) is 5.69 Å². The number of hydrogen-bond donors (Lipinski definition) is 2. The quantitative estimate of drug-likeness (QED) is 0.267. The minimum atomic E-state index is -4.71. The molecule has 170 valence electrons. The number of carbonyl (C=O) groups is 1. The molecule has 0 aliphatic heterocycles. The SMILES string of the molecule is O=C(O)c1ccc(COc2ccccc2/C=N\Nc2ccc(C(F)(F)F)cc2[N+](=O)[O-])cc1. The maximum absolute atomic E-state index is 12.8. The lowest BCUT2D eigenvalue weighted by atomic mass is 10.1. The molecule has 0 amide bonds. The molecule has 0 spiro atoms. The molecule has 8 nitrogen and oxygen atoms in total. The van der Waals surface area contributed by atoms with Crippen molar-refractivity contribution in [1.82, 2.24) is 0 Å². The number of nitrogens with one attached hydrogen (secondary N) is 1. The van der Waals surface area contributed by atoms with E-state index >= 15 is 0 Å². The molecule has 0 unspecified atom stereocenters. The molecule has 3 aromatic carbocycles. The fourth-order valence-electron chi connectivity index (χ4n) is 2.75. The molecule has 11 heteroatoms. The number of halogens is 3. The molecule has 3 rings (SSSR count). The number of rotatable bonds is 8. The molecular formula is C22H16F3N3O5. The number of nitrogens with zero attached hydrogens (tertiary/aromatic N) is 2. The fraction of sp³-hybridized carbons (Fsp3) is 0.0909. The molecule has 0 saturated carbocycles. The zero-order valence-corrected chi connectivity index (χ0v) is 16.7. The normalized spacial score (nSPS) is 11.4. The Labute approximate surface area is 185 Å². The van der Waals surface area contributed by atoms with Gasteiger partial charge in [0.05, 0.1) is 22.3 Å².